The van der Waals surface area contributed by atoms with Crippen molar-refractivity contribution in [2.45, 2.75) is 20.3 Å². The molecule has 26 heavy (non-hydrogen) atoms. The van der Waals surface area contributed by atoms with Gasteiger partial charge in [-0.25, -0.2) is 4.98 Å². The van der Waals surface area contributed by atoms with Gasteiger partial charge in [-0.15, -0.1) is 0 Å². The summed E-state index contributed by atoms with van der Waals surface area (Å²) in [4.78, 5) is 18.6. The molecule has 6 heteroatoms. The highest BCUT2D eigenvalue weighted by Gasteiger charge is 2.19. The van der Waals surface area contributed by atoms with Crippen LogP contribution in [-0.2, 0) is 11.2 Å². The van der Waals surface area contributed by atoms with Gasteiger partial charge in [0.1, 0.15) is 5.82 Å². The number of morpholine rings is 1. The number of carbonyl (C=O) groups excluding carboxylic acids is 1. The lowest BCUT2D eigenvalue weighted by Gasteiger charge is -2.26. The van der Waals surface area contributed by atoms with E-state index in [1.165, 1.54) is 16.7 Å². The largest absolute Gasteiger partial charge is 0.378 e. The van der Waals surface area contributed by atoms with E-state index in [4.69, 9.17) is 16.3 Å². The number of anilines is 1. The average Bonchev–Trinajstić information content (AvgIpc) is 2.62. The number of halogens is 1. The lowest BCUT2D eigenvalue weighted by Crippen LogP contribution is -2.40. The van der Waals surface area contributed by atoms with Crippen molar-refractivity contribution in [1.29, 1.82) is 0 Å². The van der Waals surface area contributed by atoms with Gasteiger partial charge in [-0.1, -0.05) is 40.9 Å². The number of benzene rings is 1. The smallest absolute Gasteiger partial charge is 0.255 e. The van der Waals surface area contributed by atoms with Crippen LogP contribution in [0.2, 0.25) is 5.02 Å². The zero-order valence-corrected chi connectivity index (χ0v) is 16.0. The molecule has 0 saturated carbocycles. The van der Waals surface area contributed by atoms with Crippen molar-refractivity contribution >= 4 is 23.3 Å². The Kier molecular flexibility index (Phi) is 6.12. The minimum absolute atomic E-state index is 0.0514. The second-order valence-corrected chi connectivity index (χ2v) is 7.04. The van der Waals surface area contributed by atoms with Gasteiger partial charge in [-0.05, 0) is 31.9 Å². The molecule has 1 aromatic carbocycles. The molecule has 0 bridgehead atoms. The maximum Gasteiger partial charge on any atom is 0.255 e. The van der Waals surface area contributed by atoms with Gasteiger partial charge in [-0.3, -0.25) is 4.79 Å². The normalized spacial score (nSPS) is 14.3. The number of pyridine rings is 1. The zero-order chi connectivity index (χ0) is 18.5. The van der Waals surface area contributed by atoms with Crippen LogP contribution >= 0.6 is 11.6 Å². The van der Waals surface area contributed by atoms with Gasteiger partial charge in [-0.2, -0.15) is 0 Å². The third kappa shape index (κ3) is 4.74. The summed E-state index contributed by atoms with van der Waals surface area (Å²) in [5.74, 6) is 0.555. The number of aryl methyl sites for hydroxylation is 2. The van der Waals surface area contributed by atoms with Crippen LogP contribution in [0.15, 0.2) is 30.5 Å². The van der Waals surface area contributed by atoms with Gasteiger partial charge in [0.05, 0.1) is 23.8 Å². The monoisotopic (exact) mass is 373 g/mol. The van der Waals surface area contributed by atoms with Crippen molar-refractivity contribution in [3.8, 4) is 0 Å². The molecule has 138 valence electrons. The van der Waals surface area contributed by atoms with Crippen LogP contribution in [0.4, 0.5) is 5.82 Å². The SMILES string of the molecule is Cc1cc(C)cc(CCNc2ncc(C(=O)N3CCOCC3)cc2Cl)c1. The minimum atomic E-state index is -0.0514. The van der Waals surface area contributed by atoms with Gasteiger partial charge in [0.25, 0.3) is 5.91 Å². The fourth-order valence-corrected chi connectivity index (χ4v) is 3.41. The van der Waals surface area contributed by atoms with Crippen molar-refractivity contribution in [2.75, 3.05) is 38.2 Å². The first-order valence-corrected chi connectivity index (χ1v) is 9.24. The maximum absolute atomic E-state index is 12.5. The molecule has 0 atom stereocenters. The summed E-state index contributed by atoms with van der Waals surface area (Å²) in [5, 5.41) is 3.72. The number of carbonyl (C=O) groups is 1. The fourth-order valence-electron chi connectivity index (χ4n) is 3.17. The van der Waals surface area contributed by atoms with Gasteiger partial charge >= 0.3 is 0 Å². The summed E-state index contributed by atoms with van der Waals surface area (Å²) >= 11 is 6.32. The molecule has 5 nitrogen and oxygen atoms in total. The number of hydrogen-bond donors (Lipinski definition) is 1. The number of amides is 1. The third-order valence-electron chi connectivity index (χ3n) is 4.37. The topological polar surface area (TPSA) is 54.5 Å². The summed E-state index contributed by atoms with van der Waals surface area (Å²) in [7, 11) is 0. The van der Waals surface area contributed by atoms with Crippen LogP contribution in [0, 0.1) is 13.8 Å². The van der Waals surface area contributed by atoms with E-state index in [-0.39, 0.29) is 5.91 Å². The second-order valence-electron chi connectivity index (χ2n) is 6.63. The number of rotatable bonds is 5. The minimum Gasteiger partial charge on any atom is -0.378 e. The Morgan fingerprint density at radius 1 is 1.19 bits per heavy atom. The Labute approximate surface area is 159 Å². The van der Waals surface area contributed by atoms with Gasteiger partial charge in [0, 0.05) is 25.8 Å². The predicted octanol–water partition coefficient (Wildman–Crippen LogP) is 3.48. The lowest BCUT2D eigenvalue weighted by molar-refractivity contribution is 0.0302. The van der Waals surface area contributed by atoms with Crippen molar-refractivity contribution in [2.24, 2.45) is 0 Å². The van der Waals surface area contributed by atoms with Crippen LogP contribution in [0.1, 0.15) is 27.0 Å². The molecule has 1 aliphatic heterocycles. The highest BCUT2D eigenvalue weighted by atomic mass is 35.5. The van der Waals surface area contributed by atoms with E-state index in [0.717, 1.165) is 13.0 Å². The van der Waals surface area contributed by atoms with Crippen LogP contribution in [0.3, 0.4) is 0 Å². The number of ether oxygens (including phenoxy) is 1. The molecular formula is C20H24ClN3O2. The molecule has 1 amide bonds. The molecule has 0 unspecified atom stereocenters. The molecule has 0 radical (unpaired) electrons. The van der Waals surface area contributed by atoms with Crippen LogP contribution in [-0.4, -0.2) is 48.6 Å². The van der Waals surface area contributed by atoms with Gasteiger partial charge < -0.3 is 15.0 Å². The first-order chi connectivity index (χ1) is 12.5. The first kappa shape index (κ1) is 18.7. The Bertz CT molecular complexity index is 768. The molecule has 1 aliphatic rings. The maximum atomic E-state index is 12.5. The fraction of sp³-hybridized carbons (Fsp3) is 0.400. The van der Waals surface area contributed by atoms with Crippen LogP contribution in [0.5, 0.6) is 0 Å². The zero-order valence-electron chi connectivity index (χ0n) is 15.2. The van der Waals surface area contributed by atoms with E-state index in [1.54, 1.807) is 17.2 Å². The molecule has 1 N–H and O–H groups in total. The van der Waals surface area contributed by atoms with E-state index >= 15 is 0 Å². The number of nitrogens with zero attached hydrogens (tertiary/aromatic N) is 2. The third-order valence-corrected chi connectivity index (χ3v) is 4.66. The Morgan fingerprint density at radius 2 is 1.88 bits per heavy atom. The Balaban J connectivity index is 1.59. The number of aromatic nitrogens is 1. The van der Waals surface area contributed by atoms with Crippen molar-refractivity contribution < 1.29 is 9.53 Å². The summed E-state index contributed by atoms with van der Waals surface area (Å²) in [5.41, 5.74) is 4.33. The molecule has 1 aromatic heterocycles. The summed E-state index contributed by atoms with van der Waals surface area (Å²) in [6, 6.07) is 8.23. The quantitative estimate of drug-likeness (QED) is 0.871. The van der Waals surface area contributed by atoms with E-state index in [2.05, 4.69) is 42.3 Å². The van der Waals surface area contributed by atoms with Crippen molar-refractivity contribution in [3.63, 3.8) is 0 Å². The van der Waals surface area contributed by atoms with E-state index in [9.17, 15) is 4.79 Å². The molecule has 0 spiro atoms. The lowest BCUT2D eigenvalue weighted by atomic mass is 10.1. The summed E-state index contributed by atoms with van der Waals surface area (Å²) in [6.45, 7) is 7.29. The molecule has 1 fully saturated rings. The van der Waals surface area contributed by atoms with Crippen molar-refractivity contribution in [1.82, 2.24) is 9.88 Å². The van der Waals surface area contributed by atoms with E-state index in [1.807, 2.05) is 0 Å². The van der Waals surface area contributed by atoms with Gasteiger partial charge in [0.15, 0.2) is 0 Å². The average molecular weight is 374 g/mol. The number of nitrogens with one attached hydrogen (secondary N) is 1. The molecule has 2 aromatic rings. The van der Waals surface area contributed by atoms with Crippen LogP contribution in [0.25, 0.3) is 0 Å². The van der Waals surface area contributed by atoms with E-state index < -0.39 is 0 Å². The van der Waals surface area contributed by atoms with Gasteiger partial charge in [0.2, 0.25) is 0 Å². The summed E-state index contributed by atoms with van der Waals surface area (Å²) < 4.78 is 5.28. The van der Waals surface area contributed by atoms with E-state index in [0.29, 0.717) is 42.7 Å². The number of hydrogen-bond acceptors (Lipinski definition) is 4. The molecule has 3 rings (SSSR count). The Morgan fingerprint density at radius 3 is 2.54 bits per heavy atom. The molecule has 0 aliphatic carbocycles. The molecule has 2 heterocycles. The Hall–Kier alpha value is -2.11. The summed E-state index contributed by atoms with van der Waals surface area (Å²) in [6.07, 6.45) is 2.47. The first-order valence-electron chi connectivity index (χ1n) is 8.86. The highest BCUT2D eigenvalue weighted by Crippen LogP contribution is 2.21. The molecular weight excluding hydrogens is 350 g/mol. The predicted molar refractivity (Wildman–Crippen MR) is 104 cm³/mol. The highest BCUT2D eigenvalue weighted by molar-refractivity contribution is 6.33. The second kappa shape index (κ2) is 8.52. The van der Waals surface area contributed by atoms with Crippen molar-refractivity contribution in [3.05, 3.63) is 57.7 Å². The molecule has 1 saturated heterocycles. The van der Waals surface area contributed by atoms with Crippen LogP contribution < -0.4 is 5.32 Å². The standard InChI is InChI=1S/C20H24ClN3O2/c1-14-9-15(2)11-16(10-14)3-4-22-19-18(21)12-17(13-23-19)20(25)24-5-7-26-8-6-24/h9-13H,3-8H2,1-2H3,(H,22,23).